The molecule has 27 heavy (non-hydrogen) atoms. The number of ether oxygens (including phenoxy) is 1. The topological polar surface area (TPSA) is 78.9 Å². The molecule has 0 radical (unpaired) electrons. The van der Waals surface area contributed by atoms with Crippen molar-refractivity contribution in [1.29, 1.82) is 0 Å². The zero-order valence-corrected chi connectivity index (χ0v) is 16.4. The average molecular weight is 372 g/mol. The standard InChI is InChI=1S/C21H28N2O4/c1-14(2)5-6-16-7-9-17(10-8-16)21-18(11-22-15(3)25)23(19(21)12-24)20(26)13-27-4/h7-10,14,18-19,21,24H,11-13H2,1-4H3,(H,22,25)/t18-,19+,21+/m0/s1. The molecule has 0 bridgehead atoms. The lowest BCUT2D eigenvalue weighted by atomic mass is 9.74. The minimum atomic E-state index is -0.334. The van der Waals surface area contributed by atoms with Crippen LogP contribution < -0.4 is 5.32 Å². The molecule has 6 nitrogen and oxygen atoms in total. The summed E-state index contributed by atoms with van der Waals surface area (Å²) < 4.78 is 4.95. The van der Waals surface area contributed by atoms with Gasteiger partial charge in [-0.2, -0.15) is 0 Å². The maximum Gasteiger partial charge on any atom is 0.249 e. The Labute approximate surface area is 160 Å². The fraction of sp³-hybridized carbons (Fsp3) is 0.524. The lowest BCUT2D eigenvalue weighted by molar-refractivity contribution is -0.154. The fourth-order valence-electron chi connectivity index (χ4n) is 3.45. The molecular formula is C21H28N2O4. The van der Waals surface area contributed by atoms with E-state index in [0.717, 1.165) is 11.1 Å². The number of methoxy groups -OCH3 is 1. The molecule has 0 aromatic heterocycles. The summed E-state index contributed by atoms with van der Waals surface area (Å²) in [5.74, 6) is 6.16. The molecule has 6 heteroatoms. The minimum Gasteiger partial charge on any atom is -0.394 e. The summed E-state index contributed by atoms with van der Waals surface area (Å²) in [7, 11) is 1.46. The summed E-state index contributed by atoms with van der Waals surface area (Å²) in [5.41, 5.74) is 1.94. The summed E-state index contributed by atoms with van der Waals surface area (Å²) in [6.45, 7) is 5.66. The quantitative estimate of drug-likeness (QED) is 0.734. The second-order valence-electron chi connectivity index (χ2n) is 7.06. The van der Waals surface area contributed by atoms with E-state index in [-0.39, 0.29) is 43.0 Å². The van der Waals surface area contributed by atoms with Crippen LogP contribution >= 0.6 is 0 Å². The van der Waals surface area contributed by atoms with Crippen molar-refractivity contribution in [2.24, 2.45) is 5.92 Å². The van der Waals surface area contributed by atoms with Crippen LogP contribution in [0.3, 0.4) is 0 Å². The van der Waals surface area contributed by atoms with Crippen LogP contribution in [0.4, 0.5) is 0 Å². The van der Waals surface area contributed by atoms with Crippen molar-refractivity contribution in [3.8, 4) is 11.8 Å². The van der Waals surface area contributed by atoms with Gasteiger partial charge in [-0.15, -0.1) is 0 Å². The first-order chi connectivity index (χ1) is 12.9. The largest absolute Gasteiger partial charge is 0.394 e. The van der Waals surface area contributed by atoms with Crippen LogP contribution in [-0.2, 0) is 14.3 Å². The van der Waals surface area contributed by atoms with E-state index in [1.54, 1.807) is 4.90 Å². The first-order valence-electron chi connectivity index (χ1n) is 9.16. The van der Waals surface area contributed by atoms with E-state index in [4.69, 9.17) is 4.74 Å². The van der Waals surface area contributed by atoms with Gasteiger partial charge in [-0.1, -0.05) is 37.8 Å². The van der Waals surface area contributed by atoms with E-state index < -0.39 is 0 Å². The molecule has 1 saturated heterocycles. The highest BCUT2D eigenvalue weighted by Crippen LogP contribution is 2.40. The lowest BCUT2D eigenvalue weighted by Crippen LogP contribution is -2.69. The number of aliphatic hydroxyl groups is 1. The zero-order valence-electron chi connectivity index (χ0n) is 16.4. The van der Waals surface area contributed by atoms with E-state index in [1.807, 2.05) is 38.1 Å². The third kappa shape index (κ3) is 5.09. The van der Waals surface area contributed by atoms with Crippen molar-refractivity contribution in [2.75, 3.05) is 26.9 Å². The molecule has 2 N–H and O–H groups in total. The molecule has 0 saturated carbocycles. The molecule has 0 spiro atoms. The summed E-state index contributed by atoms with van der Waals surface area (Å²) >= 11 is 0. The Bertz CT molecular complexity index is 718. The average Bonchev–Trinajstić information content (AvgIpc) is 2.60. The van der Waals surface area contributed by atoms with Gasteiger partial charge >= 0.3 is 0 Å². The van der Waals surface area contributed by atoms with Crippen LogP contribution in [0.25, 0.3) is 0 Å². The van der Waals surface area contributed by atoms with Gasteiger partial charge in [-0.25, -0.2) is 0 Å². The van der Waals surface area contributed by atoms with Gasteiger partial charge in [0.1, 0.15) is 6.61 Å². The molecular weight excluding hydrogens is 344 g/mol. The van der Waals surface area contributed by atoms with Crippen molar-refractivity contribution < 1.29 is 19.4 Å². The second-order valence-corrected chi connectivity index (χ2v) is 7.06. The van der Waals surface area contributed by atoms with Crippen molar-refractivity contribution in [3.63, 3.8) is 0 Å². The van der Waals surface area contributed by atoms with E-state index in [9.17, 15) is 14.7 Å². The number of carbonyl (C=O) groups is 2. The van der Waals surface area contributed by atoms with Crippen LogP contribution in [0.15, 0.2) is 24.3 Å². The first kappa shape index (κ1) is 20.9. The predicted molar refractivity (Wildman–Crippen MR) is 103 cm³/mol. The molecule has 1 heterocycles. The lowest BCUT2D eigenvalue weighted by Gasteiger charge is -2.55. The summed E-state index contributed by atoms with van der Waals surface area (Å²) in [5, 5.41) is 12.6. The number of hydrogen-bond donors (Lipinski definition) is 2. The van der Waals surface area contributed by atoms with Crippen LogP contribution in [0, 0.1) is 17.8 Å². The van der Waals surface area contributed by atoms with E-state index in [1.165, 1.54) is 14.0 Å². The minimum absolute atomic E-state index is 0.0521. The smallest absolute Gasteiger partial charge is 0.249 e. The highest BCUT2D eigenvalue weighted by atomic mass is 16.5. The SMILES string of the molecule is COCC(=O)N1[C@H](CO)[C@H](c2ccc(C#CC(C)C)cc2)[C@@H]1CNC(C)=O. The molecule has 2 rings (SSSR count). The van der Waals surface area contributed by atoms with E-state index >= 15 is 0 Å². The van der Waals surface area contributed by atoms with Crippen LogP contribution in [0.2, 0.25) is 0 Å². The van der Waals surface area contributed by atoms with Crippen LogP contribution in [0.1, 0.15) is 37.8 Å². The van der Waals surface area contributed by atoms with Gasteiger partial charge < -0.3 is 20.1 Å². The molecule has 1 aliphatic rings. The van der Waals surface area contributed by atoms with Crippen molar-refractivity contribution in [2.45, 2.75) is 38.8 Å². The van der Waals surface area contributed by atoms with Gasteiger partial charge in [0, 0.05) is 38.0 Å². The van der Waals surface area contributed by atoms with Gasteiger partial charge in [0.25, 0.3) is 0 Å². The number of carbonyl (C=O) groups excluding carboxylic acids is 2. The highest BCUT2D eigenvalue weighted by Gasteiger charge is 2.50. The van der Waals surface area contributed by atoms with Crippen molar-refractivity contribution >= 4 is 11.8 Å². The van der Waals surface area contributed by atoms with Gasteiger partial charge in [0.05, 0.1) is 18.7 Å². The zero-order chi connectivity index (χ0) is 20.0. The van der Waals surface area contributed by atoms with E-state index in [2.05, 4.69) is 17.2 Å². The number of nitrogens with zero attached hydrogens (tertiary/aromatic N) is 1. The molecule has 1 aromatic rings. The number of hydrogen-bond acceptors (Lipinski definition) is 4. The number of rotatable bonds is 6. The predicted octanol–water partition coefficient (Wildman–Crippen LogP) is 1.13. The maximum absolute atomic E-state index is 12.4. The van der Waals surface area contributed by atoms with Crippen molar-refractivity contribution in [1.82, 2.24) is 10.2 Å². The maximum atomic E-state index is 12.4. The van der Waals surface area contributed by atoms with Gasteiger partial charge in [0.15, 0.2) is 0 Å². The Morgan fingerprint density at radius 3 is 2.44 bits per heavy atom. The molecule has 0 unspecified atom stereocenters. The fourth-order valence-corrected chi connectivity index (χ4v) is 3.45. The van der Waals surface area contributed by atoms with Gasteiger partial charge in [-0.05, 0) is 17.7 Å². The summed E-state index contributed by atoms with van der Waals surface area (Å²) in [6, 6.07) is 7.32. The van der Waals surface area contributed by atoms with Gasteiger partial charge in [-0.3, -0.25) is 9.59 Å². The van der Waals surface area contributed by atoms with Gasteiger partial charge in [0.2, 0.25) is 11.8 Å². The summed E-state index contributed by atoms with van der Waals surface area (Å²) in [6.07, 6.45) is 0. The Balaban J connectivity index is 2.24. The highest BCUT2D eigenvalue weighted by molar-refractivity contribution is 5.80. The Kier molecular flexibility index (Phi) is 7.40. The molecule has 1 aromatic carbocycles. The summed E-state index contributed by atoms with van der Waals surface area (Å²) in [4.78, 5) is 25.4. The number of aliphatic hydroxyl groups excluding tert-OH is 1. The molecule has 2 amide bonds. The number of likely N-dealkylation sites (tertiary alicyclic amines) is 1. The molecule has 146 valence electrons. The number of nitrogens with one attached hydrogen (secondary N) is 1. The Morgan fingerprint density at radius 1 is 1.26 bits per heavy atom. The molecule has 1 aliphatic heterocycles. The third-order valence-electron chi connectivity index (χ3n) is 4.65. The molecule has 0 aliphatic carbocycles. The molecule has 1 fully saturated rings. The Hall–Kier alpha value is -2.36. The second kappa shape index (κ2) is 9.54. The third-order valence-corrected chi connectivity index (χ3v) is 4.65. The molecule has 3 atom stereocenters. The van der Waals surface area contributed by atoms with Crippen molar-refractivity contribution in [3.05, 3.63) is 35.4 Å². The normalized spacial score (nSPS) is 21.3. The first-order valence-corrected chi connectivity index (χ1v) is 9.16. The Morgan fingerprint density at radius 2 is 1.93 bits per heavy atom. The van der Waals surface area contributed by atoms with Crippen LogP contribution in [0.5, 0.6) is 0 Å². The monoisotopic (exact) mass is 372 g/mol. The number of amides is 2. The number of benzene rings is 1. The van der Waals surface area contributed by atoms with E-state index in [0.29, 0.717) is 12.5 Å². The van der Waals surface area contributed by atoms with Crippen LogP contribution in [-0.4, -0.2) is 60.8 Å².